The lowest BCUT2D eigenvalue weighted by Crippen LogP contribution is -2.30. The first kappa shape index (κ1) is 19.7. The molecule has 0 spiro atoms. The van der Waals surface area contributed by atoms with E-state index in [0.717, 1.165) is 12.2 Å². The number of nitro groups is 1. The predicted molar refractivity (Wildman–Crippen MR) is 115 cm³/mol. The number of thiocarbonyl (C=S) groups is 1. The maximum atomic E-state index is 10.9. The van der Waals surface area contributed by atoms with Crippen molar-refractivity contribution in [2.45, 2.75) is 6.42 Å². The zero-order valence-corrected chi connectivity index (χ0v) is 16.7. The van der Waals surface area contributed by atoms with Gasteiger partial charge < -0.3 is 15.4 Å². The lowest BCUT2D eigenvalue weighted by Gasteiger charge is -2.08. The Kier molecular flexibility index (Phi) is 6.51. The van der Waals surface area contributed by atoms with Crippen LogP contribution in [-0.2, 0) is 6.42 Å². The molecule has 9 heteroatoms. The Bertz CT molecular complexity index is 973. The summed E-state index contributed by atoms with van der Waals surface area (Å²) in [5.41, 5.74) is 2.57. The summed E-state index contributed by atoms with van der Waals surface area (Å²) in [5.74, 6) is 0.831. The lowest BCUT2D eigenvalue weighted by atomic mass is 10.1. The molecule has 0 fully saturated rings. The Hall–Kier alpha value is -3.04. The number of anilines is 1. The van der Waals surface area contributed by atoms with Crippen LogP contribution in [0.25, 0.3) is 11.3 Å². The van der Waals surface area contributed by atoms with Crippen molar-refractivity contribution in [2.75, 3.05) is 19.0 Å². The number of non-ortho nitro benzene ring substituents is 1. The van der Waals surface area contributed by atoms with Crippen molar-refractivity contribution in [1.29, 1.82) is 0 Å². The highest BCUT2D eigenvalue weighted by atomic mass is 32.1. The van der Waals surface area contributed by atoms with Gasteiger partial charge in [-0.15, -0.1) is 11.3 Å². The summed E-state index contributed by atoms with van der Waals surface area (Å²) in [6.45, 7) is 0.682. The smallest absolute Gasteiger partial charge is 0.270 e. The molecule has 28 heavy (non-hydrogen) atoms. The third kappa shape index (κ3) is 5.24. The number of aromatic nitrogens is 1. The molecule has 2 N–H and O–H groups in total. The van der Waals surface area contributed by atoms with Gasteiger partial charge in [-0.25, -0.2) is 4.98 Å². The van der Waals surface area contributed by atoms with Crippen LogP contribution in [0.4, 0.5) is 10.8 Å². The second-order valence-corrected chi connectivity index (χ2v) is 7.09. The van der Waals surface area contributed by atoms with Crippen LogP contribution in [0.2, 0.25) is 0 Å². The number of hydrogen-bond donors (Lipinski definition) is 2. The van der Waals surface area contributed by atoms with Crippen molar-refractivity contribution in [3.05, 3.63) is 69.6 Å². The van der Waals surface area contributed by atoms with Gasteiger partial charge in [0, 0.05) is 29.6 Å². The van der Waals surface area contributed by atoms with Crippen LogP contribution in [0.5, 0.6) is 5.75 Å². The fraction of sp³-hybridized carbons (Fsp3) is 0.158. The summed E-state index contributed by atoms with van der Waals surface area (Å²) in [6, 6.07) is 14.3. The highest BCUT2D eigenvalue weighted by Crippen LogP contribution is 2.27. The summed E-state index contributed by atoms with van der Waals surface area (Å²) >= 11 is 6.69. The van der Waals surface area contributed by atoms with Crippen LogP contribution in [0.3, 0.4) is 0 Å². The molecule has 0 unspecified atom stereocenters. The number of nitrogens with one attached hydrogen (secondary N) is 2. The van der Waals surface area contributed by atoms with Gasteiger partial charge in [-0.1, -0.05) is 24.3 Å². The molecule has 1 heterocycles. The largest absolute Gasteiger partial charge is 0.497 e. The molecule has 7 nitrogen and oxygen atoms in total. The van der Waals surface area contributed by atoms with Gasteiger partial charge in [-0.2, -0.15) is 0 Å². The van der Waals surface area contributed by atoms with Crippen molar-refractivity contribution in [2.24, 2.45) is 0 Å². The van der Waals surface area contributed by atoms with Gasteiger partial charge in [-0.05, 0) is 36.3 Å². The first-order chi connectivity index (χ1) is 13.5. The molecule has 3 aromatic rings. The number of benzene rings is 2. The van der Waals surface area contributed by atoms with Crippen LogP contribution in [0.1, 0.15) is 5.56 Å². The third-order valence-electron chi connectivity index (χ3n) is 3.94. The van der Waals surface area contributed by atoms with Crippen LogP contribution < -0.4 is 15.4 Å². The van der Waals surface area contributed by atoms with Gasteiger partial charge in [0.05, 0.1) is 17.7 Å². The molecular formula is C19H18N4O3S2. The standard InChI is InChI=1S/C19H18N4O3S2/c1-26-16-7-5-13(6-8-16)9-10-20-18(27)22-19-21-17(12-28-19)14-3-2-4-15(11-14)23(24)25/h2-8,11-12H,9-10H2,1H3,(H2,20,21,22,27). The summed E-state index contributed by atoms with van der Waals surface area (Å²) in [4.78, 5) is 14.9. The van der Waals surface area contributed by atoms with E-state index >= 15 is 0 Å². The summed E-state index contributed by atoms with van der Waals surface area (Å²) in [7, 11) is 1.64. The number of nitro benzene ring substituents is 1. The maximum absolute atomic E-state index is 10.9. The Labute approximate surface area is 171 Å². The average molecular weight is 415 g/mol. The minimum atomic E-state index is -0.420. The molecule has 2 aromatic carbocycles. The second-order valence-electron chi connectivity index (χ2n) is 5.82. The first-order valence-corrected chi connectivity index (χ1v) is 9.72. The monoisotopic (exact) mass is 414 g/mol. The van der Waals surface area contributed by atoms with Crippen LogP contribution in [0, 0.1) is 10.1 Å². The molecule has 0 radical (unpaired) electrons. The van der Waals surface area contributed by atoms with E-state index < -0.39 is 4.92 Å². The number of nitrogens with zero attached hydrogens (tertiary/aromatic N) is 2. The van der Waals surface area contributed by atoms with Crippen molar-refractivity contribution >= 4 is 39.5 Å². The van der Waals surface area contributed by atoms with Gasteiger partial charge in [0.2, 0.25) is 0 Å². The van der Waals surface area contributed by atoms with Gasteiger partial charge in [0.1, 0.15) is 5.75 Å². The van der Waals surface area contributed by atoms with E-state index in [9.17, 15) is 10.1 Å². The molecule has 0 amide bonds. The van der Waals surface area contributed by atoms with Gasteiger partial charge >= 0.3 is 0 Å². The van der Waals surface area contributed by atoms with E-state index in [0.29, 0.717) is 28.0 Å². The fourth-order valence-electron chi connectivity index (χ4n) is 2.50. The van der Waals surface area contributed by atoms with E-state index in [-0.39, 0.29) is 5.69 Å². The molecule has 0 saturated heterocycles. The number of thiazole rings is 1. The molecular weight excluding hydrogens is 396 g/mol. The van der Waals surface area contributed by atoms with Crippen molar-refractivity contribution < 1.29 is 9.66 Å². The minimum Gasteiger partial charge on any atom is -0.497 e. The fourth-order valence-corrected chi connectivity index (χ4v) is 3.48. The predicted octanol–water partition coefficient (Wildman–Crippen LogP) is 4.26. The quantitative estimate of drug-likeness (QED) is 0.339. The molecule has 0 bridgehead atoms. The zero-order chi connectivity index (χ0) is 19.9. The molecule has 0 aliphatic carbocycles. The first-order valence-electron chi connectivity index (χ1n) is 8.43. The van der Waals surface area contributed by atoms with Crippen molar-refractivity contribution in [3.63, 3.8) is 0 Å². The third-order valence-corrected chi connectivity index (χ3v) is 4.94. The number of ether oxygens (including phenoxy) is 1. The topological polar surface area (TPSA) is 89.3 Å². The molecule has 1 aromatic heterocycles. The lowest BCUT2D eigenvalue weighted by molar-refractivity contribution is -0.384. The molecule has 0 saturated carbocycles. The Morgan fingerprint density at radius 1 is 1.29 bits per heavy atom. The van der Waals surface area contributed by atoms with E-state index in [2.05, 4.69) is 15.6 Å². The zero-order valence-electron chi connectivity index (χ0n) is 15.0. The molecule has 144 valence electrons. The molecule has 0 aliphatic heterocycles. The van der Waals surface area contributed by atoms with Crippen LogP contribution >= 0.6 is 23.6 Å². The molecule has 3 rings (SSSR count). The minimum absolute atomic E-state index is 0.0377. The van der Waals surface area contributed by atoms with E-state index in [1.807, 2.05) is 29.6 Å². The molecule has 0 aliphatic rings. The Morgan fingerprint density at radius 2 is 2.07 bits per heavy atom. The number of hydrogen-bond acceptors (Lipinski definition) is 6. The van der Waals surface area contributed by atoms with Gasteiger partial charge in [0.25, 0.3) is 5.69 Å². The Balaban J connectivity index is 1.52. The second kappa shape index (κ2) is 9.25. The summed E-state index contributed by atoms with van der Waals surface area (Å²) in [5, 5.41) is 20.1. The average Bonchev–Trinajstić information content (AvgIpc) is 3.17. The van der Waals surface area contributed by atoms with Crippen LogP contribution in [-0.4, -0.2) is 28.7 Å². The SMILES string of the molecule is COc1ccc(CCNC(=S)Nc2nc(-c3cccc([N+](=O)[O-])c3)cs2)cc1. The summed E-state index contributed by atoms with van der Waals surface area (Å²) in [6.07, 6.45) is 0.822. The molecule has 0 atom stereocenters. The number of methoxy groups -OCH3 is 1. The van der Waals surface area contributed by atoms with Crippen molar-refractivity contribution in [1.82, 2.24) is 10.3 Å². The summed E-state index contributed by atoms with van der Waals surface area (Å²) < 4.78 is 5.14. The van der Waals surface area contributed by atoms with Crippen LogP contribution in [0.15, 0.2) is 53.9 Å². The maximum Gasteiger partial charge on any atom is 0.270 e. The normalized spacial score (nSPS) is 10.3. The van der Waals surface area contributed by atoms with E-state index in [1.165, 1.54) is 29.0 Å². The highest BCUT2D eigenvalue weighted by molar-refractivity contribution is 7.80. The van der Waals surface area contributed by atoms with Gasteiger partial charge in [-0.3, -0.25) is 10.1 Å². The van der Waals surface area contributed by atoms with E-state index in [4.69, 9.17) is 17.0 Å². The number of rotatable bonds is 7. The van der Waals surface area contributed by atoms with E-state index in [1.54, 1.807) is 19.2 Å². The van der Waals surface area contributed by atoms with Gasteiger partial charge in [0.15, 0.2) is 10.2 Å². The highest BCUT2D eigenvalue weighted by Gasteiger charge is 2.10. The Morgan fingerprint density at radius 3 is 2.79 bits per heavy atom. The van der Waals surface area contributed by atoms with Crippen molar-refractivity contribution in [3.8, 4) is 17.0 Å².